The van der Waals surface area contributed by atoms with Gasteiger partial charge in [0.25, 0.3) is 0 Å². The molecule has 0 bridgehead atoms. The van der Waals surface area contributed by atoms with Gasteiger partial charge in [0.05, 0.1) is 11.6 Å². The number of unbranched alkanes of at least 4 members (excludes halogenated alkanes) is 1. The van der Waals surface area contributed by atoms with Gasteiger partial charge in [-0.2, -0.15) is 0 Å². The summed E-state index contributed by atoms with van der Waals surface area (Å²) >= 11 is 0. The summed E-state index contributed by atoms with van der Waals surface area (Å²) in [5, 5.41) is 11.0. The van der Waals surface area contributed by atoms with Crippen LogP contribution < -0.4 is 0 Å². The molecule has 0 radical (unpaired) electrons. The number of fused-ring (bicyclic) bond motifs is 1. The molecule has 1 unspecified atom stereocenters. The zero-order valence-electron chi connectivity index (χ0n) is 10.3. The van der Waals surface area contributed by atoms with Gasteiger partial charge in [0.1, 0.15) is 0 Å². The van der Waals surface area contributed by atoms with Crippen molar-refractivity contribution in [3.05, 3.63) is 42.1 Å². The molecule has 1 aromatic heterocycles. The van der Waals surface area contributed by atoms with Crippen molar-refractivity contribution in [2.45, 2.75) is 38.7 Å². The second-order valence-corrected chi connectivity index (χ2v) is 4.53. The molecule has 2 nitrogen and oxygen atoms in total. The molecule has 0 aliphatic heterocycles. The first-order valence-corrected chi connectivity index (χ1v) is 6.31. The third kappa shape index (κ3) is 3.27. The summed E-state index contributed by atoms with van der Waals surface area (Å²) in [6.07, 6.45) is 5.45. The summed E-state index contributed by atoms with van der Waals surface area (Å²) < 4.78 is 0. The molecule has 2 rings (SSSR count). The SMILES string of the molecule is CCCCC(O)Cc1ccc2ncccc2c1. The van der Waals surface area contributed by atoms with Crippen LogP contribution in [-0.4, -0.2) is 16.2 Å². The molecule has 1 heterocycles. The Morgan fingerprint density at radius 1 is 1.29 bits per heavy atom. The number of pyridine rings is 1. The van der Waals surface area contributed by atoms with E-state index in [9.17, 15) is 5.11 Å². The molecular formula is C15H19NO. The molecule has 0 amide bonds. The zero-order valence-corrected chi connectivity index (χ0v) is 10.3. The number of hydrogen-bond acceptors (Lipinski definition) is 2. The van der Waals surface area contributed by atoms with Gasteiger partial charge in [-0.1, -0.05) is 31.9 Å². The predicted molar refractivity (Wildman–Crippen MR) is 71.0 cm³/mol. The maximum atomic E-state index is 9.89. The molecule has 0 saturated carbocycles. The number of aliphatic hydroxyl groups excluding tert-OH is 1. The predicted octanol–water partition coefficient (Wildman–Crippen LogP) is 3.33. The number of aromatic nitrogens is 1. The molecule has 0 aliphatic carbocycles. The standard InChI is InChI=1S/C15H19NO/c1-2-3-6-14(17)11-12-7-8-15-13(10-12)5-4-9-16-15/h4-5,7-10,14,17H,2-3,6,11H2,1H3. The Hall–Kier alpha value is -1.41. The van der Waals surface area contributed by atoms with Crippen molar-refractivity contribution in [1.82, 2.24) is 4.98 Å². The molecule has 2 aromatic rings. The van der Waals surface area contributed by atoms with Gasteiger partial charge in [0.15, 0.2) is 0 Å². The minimum atomic E-state index is -0.218. The molecule has 2 heteroatoms. The van der Waals surface area contributed by atoms with Gasteiger partial charge < -0.3 is 5.11 Å². The summed E-state index contributed by atoms with van der Waals surface area (Å²) in [5.74, 6) is 0. The molecule has 0 spiro atoms. The normalized spacial score (nSPS) is 12.8. The number of benzene rings is 1. The molecule has 1 aromatic carbocycles. The van der Waals surface area contributed by atoms with Crippen molar-refractivity contribution >= 4 is 10.9 Å². The van der Waals surface area contributed by atoms with E-state index in [1.807, 2.05) is 12.1 Å². The fourth-order valence-electron chi connectivity index (χ4n) is 2.07. The van der Waals surface area contributed by atoms with Crippen LogP contribution in [0.25, 0.3) is 10.9 Å². The third-order valence-electron chi connectivity index (χ3n) is 3.03. The first-order chi connectivity index (χ1) is 8.29. The van der Waals surface area contributed by atoms with Gasteiger partial charge in [-0.3, -0.25) is 4.98 Å². The van der Waals surface area contributed by atoms with Gasteiger partial charge in [-0.15, -0.1) is 0 Å². The van der Waals surface area contributed by atoms with Gasteiger partial charge in [0, 0.05) is 11.6 Å². The summed E-state index contributed by atoms with van der Waals surface area (Å²) in [4.78, 5) is 4.29. The largest absolute Gasteiger partial charge is 0.393 e. The second-order valence-electron chi connectivity index (χ2n) is 4.53. The van der Waals surface area contributed by atoms with Gasteiger partial charge in [-0.05, 0) is 36.6 Å². The van der Waals surface area contributed by atoms with E-state index in [4.69, 9.17) is 0 Å². The van der Waals surface area contributed by atoms with Crippen molar-refractivity contribution in [2.24, 2.45) is 0 Å². The average molecular weight is 229 g/mol. The van der Waals surface area contributed by atoms with Crippen LogP contribution in [-0.2, 0) is 6.42 Å². The average Bonchev–Trinajstić information content (AvgIpc) is 2.36. The first kappa shape index (κ1) is 12.1. The van der Waals surface area contributed by atoms with E-state index in [1.54, 1.807) is 6.20 Å². The molecule has 0 fully saturated rings. The van der Waals surface area contributed by atoms with Gasteiger partial charge in [0.2, 0.25) is 0 Å². The van der Waals surface area contributed by atoms with Crippen LogP contribution in [0.1, 0.15) is 31.7 Å². The van der Waals surface area contributed by atoms with E-state index in [1.165, 1.54) is 5.56 Å². The molecule has 0 aliphatic rings. The fourth-order valence-corrected chi connectivity index (χ4v) is 2.07. The molecule has 1 atom stereocenters. The lowest BCUT2D eigenvalue weighted by atomic mass is 10.0. The highest BCUT2D eigenvalue weighted by Crippen LogP contribution is 2.15. The Kier molecular flexibility index (Phi) is 4.10. The van der Waals surface area contributed by atoms with Gasteiger partial charge in [-0.25, -0.2) is 0 Å². The Labute approximate surface area is 102 Å². The van der Waals surface area contributed by atoms with Gasteiger partial charge >= 0.3 is 0 Å². The van der Waals surface area contributed by atoms with E-state index >= 15 is 0 Å². The molecule has 90 valence electrons. The van der Waals surface area contributed by atoms with Crippen molar-refractivity contribution in [3.8, 4) is 0 Å². The number of rotatable bonds is 5. The lowest BCUT2D eigenvalue weighted by Crippen LogP contribution is -2.09. The smallest absolute Gasteiger partial charge is 0.0702 e. The van der Waals surface area contributed by atoms with Crippen LogP contribution in [0.15, 0.2) is 36.5 Å². The Bertz CT molecular complexity index is 481. The monoisotopic (exact) mass is 229 g/mol. The number of hydrogen-bond donors (Lipinski definition) is 1. The minimum absolute atomic E-state index is 0.218. The van der Waals surface area contributed by atoms with Crippen LogP contribution in [0.3, 0.4) is 0 Å². The van der Waals surface area contributed by atoms with Crippen molar-refractivity contribution in [1.29, 1.82) is 0 Å². The Morgan fingerprint density at radius 3 is 3.00 bits per heavy atom. The van der Waals surface area contributed by atoms with E-state index in [0.717, 1.165) is 36.6 Å². The lowest BCUT2D eigenvalue weighted by molar-refractivity contribution is 0.162. The van der Waals surface area contributed by atoms with Crippen molar-refractivity contribution in [3.63, 3.8) is 0 Å². The summed E-state index contributed by atoms with van der Waals surface area (Å²) in [7, 11) is 0. The number of aliphatic hydroxyl groups is 1. The van der Waals surface area contributed by atoms with E-state index in [-0.39, 0.29) is 6.10 Å². The summed E-state index contributed by atoms with van der Waals surface area (Å²) in [6.45, 7) is 2.15. The summed E-state index contributed by atoms with van der Waals surface area (Å²) in [5.41, 5.74) is 2.20. The minimum Gasteiger partial charge on any atom is -0.393 e. The zero-order chi connectivity index (χ0) is 12.1. The Balaban J connectivity index is 2.08. The highest BCUT2D eigenvalue weighted by Gasteiger charge is 2.05. The summed E-state index contributed by atoms with van der Waals surface area (Å²) in [6, 6.07) is 10.2. The molecule has 1 N–H and O–H groups in total. The van der Waals surface area contributed by atoms with E-state index < -0.39 is 0 Å². The second kappa shape index (κ2) is 5.78. The van der Waals surface area contributed by atoms with Crippen molar-refractivity contribution in [2.75, 3.05) is 0 Å². The maximum absolute atomic E-state index is 9.89. The van der Waals surface area contributed by atoms with Crippen LogP contribution in [0.4, 0.5) is 0 Å². The highest BCUT2D eigenvalue weighted by molar-refractivity contribution is 5.78. The Morgan fingerprint density at radius 2 is 2.18 bits per heavy atom. The quantitative estimate of drug-likeness (QED) is 0.853. The first-order valence-electron chi connectivity index (χ1n) is 6.31. The molecular weight excluding hydrogens is 210 g/mol. The van der Waals surface area contributed by atoms with Crippen LogP contribution >= 0.6 is 0 Å². The lowest BCUT2D eigenvalue weighted by Gasteiger charge is -2.10. The van der Waals surface area contributed by atoms with E-state index in [2.05, 4.69) is 30.1 Å². The maximum Gasteiger partial charge on any atom is 0.0702 e. The van der Waals surface area contributed by atoms with Crippen LogP contribution in [0.2, 0.25) is 0 Å². The number of nitrogens with zero attached hydrogens (tertiary/aromatic N) is 1. The highest BCUT2D eigenvalue weighted by atomic mass is 16.3. The van der Waals surface area contributed by atoms with Crippen LogP contribution in [0.5, 0.6) is 0 Å². The van der Waals surface area contributed by atoms with E-state index in [0.29, 0.717) is 0 Å². The molecule has 17 heavy (non-hydrogen) atoms. The van der Waals surface area contributed by atoms with Crippen LogP contribution in [0, 0.1) is 0 Å². The molecule has 0 saturated heterocycles. The fraction of sp³-hybridized carbons (Fsp3) is 0.400. The topological polar surface area (TPSA) is 33.1 Å². The third-order valence-corrected chi connectivity index (χ3v) is 3.03. The van der Waals surface area contributed by atoms with Crippen molar-refractivity contribution < 1.29 is 5.11 Å².